The van der Waals surface area contributed by atoms with E-state index in [-0.39, 0.29) is 30.6 Å². The molecule has 0 fully saturated rings. The lowest BCUT2D eigenvalue weighted by Gasteiger charge is -2.33. The summed E-state index contributed by atoms with van der Waals surface area (Å²) >= 11 is 0. The van der Waals surface area contributed by atoms with Gasteiger partial charge >= 0.3 is 6.09 Å². The van der Waals surface area contributed by atoms with Gasteiger partial charge in [-0.25, -0.2) is 9.78 Å². The first-order chi connectivity index (χ1) is 16.3. The number of hydrogen-bond donors (Lipinski definition) is 2. The van der Waals surface area contributed by atoms with Crippen LogP contribution in [0.4, 0.5) is 10.5 Å². The molecule has 2 N–H and O–H groups in total. The van der Waals surface area contributed by atoms with Gasteiger partial charge in [-0.15, -0.1) is 0 Å². The fraction of sp³-hybridized carbons (Fsp3) is 0.375. The summed E-state index contributed by atoms with van der Waals surface area (Å²) < 4.78 is 3.39. The molecule has 1 aliphatic heterocycles. The zero-order valence-corrected chi connectivity index (χ0v) is 19.1. The average Bonchev–Trinajstić information content (AvgIpc) is 3.15. The second kappa shape index (κ2) is 9.39. The molecule has 34 heavy (non-hydrogen) atoms. The molecule has 1 aliphatic rings. The Kier molecular flexibility index (Phi) is 6.36. The lowest BCUT2D eigenvalue weighted by atomic mass is 9.94. The number of nitriles is 1. The van der Waals surface area contributed by atoms with Gasteiger partial charge in [0.25, 0.3) is 5.56 Å². The third-order valence-corrected chi connectivity index (χ3v) is 6.23. The summed E-state index contributed by atoms with van der Waals surface area (Å²) in [5, 5.41) is 21.2. The summed E-state index contributed by atoms with van der Waals surface area (Å²) in [5.74, 6) is 0.298. The van der Waals surface area contributed by atoms with E-state index in [1.165, 1.54) is 11.0 Å². The number of pyridine rings is 1. The molecule has 0 spiro atoms. The molecule has 2 amide bonds. The number of carboxylic acid groups (broad SMARTS) is 1. The summed E-state index contributed by atoms with van der Waals surface area (Å²) in [4.78, 5) is 42.9. The van der Waals surface area contributed by atoms with Gasteiger partial charge in [0.05, 0.1) is 22.8 Å². The summed E-state index contributed by atoms with van der Waals surface area (Å²) in [5.41, 5.74) is 3.59. The third kappa shape index (κ3) is 4.24. The van der Waals surface area contributed by atoms with E-state index >= 15 is 0 Å². The minimum atomic E-state index is -1.01. The first kappa shape index (κ1) is 23.0. The molecule has 2 aromatic heterocycles. The largest absolute Gasteiger partial charge is 0.465 e. The van der Waals surface area contributed by atoms with E-state index in [2.05, 4.69) is 5.32 Å². The first-order valence-electron chi connectivity index (χ1n) is 11.1. The molecular formula is C24H26N6O4. The summed E-state index contributed by atoms with van der Waals surface area (Å²) in [6.45, 7) is 4.01. The number of carbonyl (C=O) groups excluding carboxylic acids is 1. The molecule has 0 radical (unpaired) electrons. The van der Waals surface area contributed by atoms with Crippen molar-refractivity contribution >= 4 is 28.7 Å². The fourth-order valence-electron chi connectivity index (χ4n) is 4.63. The highest BCUT2D eigenvalue weighted by Gasteiger charge is 2.31. The number of nitrogens with one attached hydrogen (secondary N) is 1. The van der Waals surface area contributed by atoms with E-state index in [4.69, 9.17) is 10.2 Å². The van der Waals surface area contributed by atoms with Crippen LogP contribution >= 0.6 is 0 Å². The van der Waals surface area contributed by atoms with Crippen LogP contribution in [0, 0.1) is 18.3 Å². The van der Waals surface area contributed by atoms with Gasteiger partial charge in [-0.05, 0) is 44.4 Å². The molecule has 0 bridgehead atoms. The maximum Gasteiger partial charge on any atom is 0.412 e. The van der Waals surface area contributed by atoms with Gasteiger partial charge in [0.15, 0.2) is 0 Å². The number of amides is 2. The van der Waals surface area contributed by atoms with Gasteiger partial charge in [0.2, 0.25) is 5.91 Å². The van der Waals surface area contributed by atoms with E-state index in [1.54, 1.807) is 22.9 Å². The Balaban J connectivity index is 1.83. The van der Waals surface area contributed by atoms with Crippen LogP contribution in [0.5, 0.6) is 0 Å². The van der Waals surface area contributed by atoms with Crippen LogP contribution in [-0.4, -0.2) is 43.8 Å². The minimum absolute atomic E-state index is 0.0319. The summed E-state index contributed by atoms with van der Waals surface area (Å²) in [7, 11) is 0. The smallest absolute Gasteiger partial charge is 0.412 e. The van der Waals surface area contributed by atoms with Crippen LogP contribution in [0.1, 0.15) is 30.3 Å². The van der Waals surface area contributed by atoms with E-state index in [0.717, 1.165) is 16.6 Å². The van der Waals surface area contributed by atoms with Crippen LogP contribution in [0.3, 0.4) is 0 Å². The van der Waals surface area contributed by atoms with E-state index < -0.39 is 6.09 Å². The predicted molar refractivity (Wildman–Crippen MR) is 126 cm³/mol. The number of benzene rings is 1. The van der Waals surface area contributed by atoms with Gasteiger partial charge in [0, 0.05) is 36.8 Å². The Morgan fingerprint density at radius 1 is 1.35 bits per heavy atom. The van der Waals surface area contributed by atoms with Crippen LogP contribution < -0.4 is 15.8 Å². The van der Waals surface area contributed by atoms with Gasteiger partial charge in [-0.3, -0.25) is 14.5 Å². The summed E-state index contributed by atoms with van der Waals surface area (Å²) in [6.07, 6.45) is 2.44. The Bertz CT molecular complexity index is 1370. The van der Waals surface area contributed by atoms with E-state index in [1.807, 2.05) is 30.6 Å². The SMILES string of the molecule is Cc1cc2c(c3nc(CCn4ccccc4=O)n(CC(=O)NCC#N)c13)CCC(C)N2C(=O)O. The van der Waals surface area contributed by atoms with Crippen molar-refractivity contribution in [3.8, 4) is 6.07 Å². The fourth-order valence-corrected chi connectivity index (χ4v) is 4.63. The molecule has 0 saturated carbocycles. The number of aryl methyl sites for hydroxylation is 4. The number of imidazole rings is 1. The normalized spacial score (nSPS) is 15.1. The quantitative estimate of drug-likeness (QED) is 0.540. The zero-order chi connectivity index (χ0) is 24.4. The molecule has 1 unspecified atom stereocenters. The van der Waals surface area contributed by atoms with Crippen molar-refractivity contribution < 1.29 is 14.7 Å². The first-order valence-corrected chi connectivity index (χ1v) is 11.1. The molecule has 0 aliphatic carbocycles. The number of hydrogen-bond acceptors (Lipinski definition) is 5. The molecule has 0 saturated heterocycles. The zero-order valence-electron chi connectivity index (χ0n) is 19.1. The van der Waals surface area contributed by atoms with Gasteiger partial charge in [0.1, 0.15) is 18.9 Å². The lowest BCUT2D eigenvalue weighted by molar-refractivity contribution is -0.121. The van der Waals surface area contributed by atoms with Crippen LogP contribution in [0.2, 0.25) is 0 Å². The van der Waals surface area contributed by atoms with Gasteiger partial charge in [-0.1, -0.05) is 6.07 Å². The van der Waals surface area contributed by atoms with Crippen molar-refractivity contribution in [3.63, 3.8) is 0 Å². The monoisotopic (exact) mass is 462 g/mol. The highest BCUT2D eigenvalue weighted by Crippen LogP contribution is 2.38. The van der Waals surface area contributed by atoms with Crippen molar-refractivity contribution in [2.75, 3.05) is 11.4 Å². The van der Waals surface area contributed by atoms with Crippen LogP contribution in [0.25, 0.3) is 11.0 Å². The Morgan fingerprint density at radius 3 is 2.85 bits per heavy atom. The second-order valence-electron chi connectivity index (χ2n) is 8.46. The molecule has 176 valence electrons. The number of aromatic nitrogens is 3. The molecular weight excluding hydrogens is 436 g/mol. The highest BCUT2D eigenvalue weighted by atomic mass is 16.4. The number of carbonyl (C=O) groups is 2. The number of fused-ring (bicyclic) bond motifs is 3. The molecule has 3 aromatic rings. The molecule has 10 nitrogen and oxygen atoms in total. The predicted octanol–water partition coefficient (Wildman–Crippen LogP) is 2.21. The van der Waals surface area contributed by atoms with Crippen molar-refractivity contribution in [3.05, 3.63) is 57.8 Å². The molecule has 4 rings (SSSR count). The summed E-state index contributed by atoms with van der Waals surface area (Å²) in [6, 6.07) is 8.54. The molecule has 3 heterocycles. The number of anilines is 1. The van der Waals surface area contributed by atoms with Gasteiger partial charge < -0.3 is 19.6 Å². The van der Waals surface area contributed by atoms with Crippen LogP contribution in [-0.2, 0) is 30.7 Å². The Hall–Kier alpha value is -4.13. The topological polar surface area (TPSA) is 133 Å². The van der Waals surface area contributed by atoms with E-state index in [0.29, 0.717) is 42.8 Å². The average molecular weight is 463 g/mol. The van der Waals surface area contributed by atoms with Crippen molar-refractivity contribution in [1.29, 1.82) is 5.26 Å². The molecule has 1 aromatic carbocycles. The lowest BCUT2D eigenvalue weighted by Crippen LogP contribution is -2.41. The Labute approximate surface area is 196 Å². The molecule has 1 atom stereocenters. The van der Waals surface area contributed by atoms with Crippen molar-refractivity contribution in [2.45, 2.75) is 52.2 Å². The maximum atomic E-state index is 12.5. The highest BCUT2D eigenvalue weighted by molar-refractivity contribution is 5.96. The second-order valence-corrected chi connectivity index (χ2v) is 8.46. The minimum Gasteiger partial charge on any atom is -0.465 e. The van der Waals surface area contributed by atoms with Gasteiger partial charge in [-0.2, -0.15) is 5.26 Å². The molecule has 10 heteroatoms. The van der Waals surface area contributed by atoms with Crippen LogP contribution in [0.15, 0.2) is 35.3 Å². The standard InChI is InChI=1S/C24H26N6O4/c1-15-13-18-17(7-6-16(2)30(18)24(33)34)22-23(15)29(14-20(31)26-10-9-25)19(27-22)8-12-28-11-4-3-5-21(28)32/h3-5,11,13,16H,6-8,10,12,14H2,1-2H3,(H,26,31)(H,33,34). The van der Waals surface area contributed by atoms with Crippen molar-refractivity contribution in [2.24, 2.45) is 0 Å². The number of rotatable bonds is 6. The Morgan fingerprint density at radius 2 is 2.15 bits per heavy atom. The van der Waals surface area contributed by atoms with Crippen molar-refractivity contribution in [1.82, 2.24) is 19.4 Å². The van der Waals surface area contributed by atoms with E-state index in [9.17, 15) is 19.5 Å². The maximum absolute atomic E-state index is 12.5. The number of nitrogens with zero attached hydrogens (tertiary/aromatic N) is 5. The third-order valence-electron chi connectivity index (χ3n) is 6.23.